The van der Waals surface area contributed by atoms with Crippen molar-refractivity contribution in [2.24, 2.45) is 0 Å². The molecule has 0 spiro atoms. The smallest absolute Gasteiger partial charge is 0.328 e. The van der Waals surface area contributed by atoms with Gasteiger partial charge in [0.25, 0.3) is 0 Å². The van der Waals surface area contributed by atoms with E-state index in [1.54, 1.807) is 12.4 Å². The van der Waals surface area contributed by atoms with Crippen molar-refractivity contribution in [1.29, 1.82) is 0 Å². The molecule has 0 unspecified atom stereocenters. The van der Waals surface area contributed by atoms with Crippen molar-refractivity contribution in [3.63, 3.8) is 0 Å². The monoisotopic (exact) mass is 650 g/mol. The minimum absolute atomic E-state index is 0. The third-order valence-electron chi connectivity index (χ3n) is 3.36. The molecular formula is C17H14F12N6NiP2. The van der Waals surface area contributed by atoms with Gasteiger partial charge in [0.05, 0.1) is 6.67 Å². The molecule has 4 radical (unpaired) electrons. The molecule has 4 heterocycles. The Labute approximate surface area is 217 Å². The Morgan fingerprint density at radius 3 is 1.13 bits per heavy atom. The summed E-state index contributed by atoms with van der Waals surface area (Å²) in [6.07, 6.45) is 11.3. The van der Waals surface area contributed by atoms with Gasteiger partial charge in [-0.25, -0.2) is 9.97 Å². The quantitative estimate of drug-likeness (QED) is 0.187. The summed E-state index contributed by atoms with van der Waals surface area (Å²) in [7, 11) is -21.3. The molecule has 0 N–H and O–H groups in total. The first-order valence-corrected chi connectivity index (χ1v) is 13.3. The van der Waals surface area contributed by atoms with E-state index in [2.05, 4.69) is 23.3 Å². The Kier molecular flexibility index (Phi) is 8.74. The fraction of sp³-hybridized carbons (Fsp3) is 0.0588. The van der Waals surface area contributed by atoms with E-state index in [1.807, 2.05) is 80.8 Å². The molecule has 4 rings (SSSR count). The predicted molar refractivity (Wildman–Crippen MR) is 114 cm³/mol. The van der Waals surface area contributed by atoms with Gasteiger partial charge in [0, 0.05) is 37.2 Å². The van der Waals surface area contributed by atoms with Crippen molar-refractivity contribution in [1.82, 2.24) is 19.8 Å². The molecule has 216 valence electrons. The molecular weight excluding hydrogens is 637 g/mol. The van der Waals surface area contributed by atoms with Crippen molar-refractivity contribution < 1.29 is 66.9 Å². The minimum Gasteiger partial charge on any atom is -0.328 e. The summed E-state index contributed by atoms with van der Waals surface area (Å²) in [4.78, 5) is 16.2. The second-order valence-corrected chi connectivity index (χ2v) is 10.7. The van der Waals surface area contributed by atoms with Crippen LogP contribution in [-0.4, -0.2) is 26.4 Å². The molecule has 2 aromatic rings. The summed E-state index contributed by atoms with van der Waals surface area (Å²) in [6, 6.07) is 11.6. The van der Waals surface area contributed by atoms with Crippen LogP contribution in [0.4, 0.5) is 62.0 Å². The Hall–Kier alpha value is -2.51. The fourth-order valence-electron chi connectivity index (χ4n) is 2.27. The summed E-state index contributed by atoms with van der Waals surface area (Å²) in [5, 5.41) is 0. The van der Waals surface area contributed by atoms with Gasteiger partial charge in [0.1, 0.15) is 11.6 Å². The van der Waals surface area contributed by atoms with Gasteiger partial charge >= 0.3 is 82.5 Å². The maximum atomic E-state index is 9.87. The first-order chi connectivity index (χ1) is 16.3. The zero-order valence-electron chi connectivity index (χ0n) is 18.1. The Morgan fingerprint density at radius 2 is 0.868 bits per heavy atom. The summed E-state index contributed by atoms with van der Waals surface area (Å²) in [5.74, 6) is 1.68. The zero-order chi connectivity index (χ0) is 28.3. The number of nitrogens with zero attached hydrogens (tertiary/aromatic N) is 6. The van der Waals surface area contributed by atoms with E-state index in [0.29, 0.717) is 6.67 Å². The fourth-order valence-corrected chi connectivity index (χ4v) is 2.27. The molecule has 0 saturated carbocycles. The Balaban J connectivity index is 0.000000403. The van der Waals surface area contributed by atoms with Gasteiger partial charge < -0.3 is 9.80 Å². The van der Waals surface area contributed by atoms with Gasteiger partial charge in [-0.15, -0.1) is 0 Å². The van der Waals surface area contributed by atoms with Crippen molar-refractivity contribution in [3.05, 3.63) is 86.9 Å². The van der Waals surface area contributed by atoms with Gasteiger partial charge in [-0.2, -0.15) is 0 Å². The normalized spacial score (nSPS) is 18.6. The summed E-state index contributed by atoms with van der Waals surface area (Å²) < 4.78 is 118. The van der Waals surface area contributed by atoms with Gasteiger partial charge in [-0.3, -0.25) is 9.80 Å². The van der Waals surface area contributed by atoms with E-state index in [1.165, 1.54) is 0 Å². The molecule has 2 aliphatic heterocycles. The molecule has 0 bridgehead atoms. The predicted octanol–water partition coefficient (Wildman–Crippen LogP) is 9.08. The average Bonchev–Trinajstić information content (AvgIpc) is 3.35. The number of aromatic nitrogens is 2. The third kappa shape index (κ3) is 18.7. The first-order valence-electron chi connectivity index (χ1n) is 9.24. The summed E-state index contributed by atoms with van der Waals surface area (Å²) >= 11 is 0. The molecule has 2 aromatic heterocycles. The van der Waals surface area contributed by atoms with E-state index in [-0.39, 0.29) is 16.5 Å². The number of halogens is 12. The van der Waals surface area contributed by atoms with Gasteiger partial charge in [0.15, 0.2) is 0 Å². The van der Waals surface area contributed by atoms with Crippen molar-refractivity contribution in [2.75, 3.05) is 16.5 Å². The Bertz CT molecular complexity index is 1000. The molecule has 0 aliphatic carbocycles. The molecule has 6 nitrogen and oxygen atoms in total. The molecule has 0 fully saturated rings. The maximum Gasteiger partial charge on any atom is 2.00 e. The molecule has 0 atom stereocenters. The Morgan fingerprint density at radius 1 is 0.553 bits per heavy atom. The maximum absolute atomic E-state index is 10.7. The molecule has 0 saturated heterocycles. The molecule has 2 aliphatic rings. The summed E-state index contributed by atoms with van der Waals surface area (Å²) in [6.45, 7) is 7.07. The zero-order valence-corrected chi connectivity index (χ0v) is 20.8. The van der Waals surface area contributed by atoms with Crippen LogP contribution in [0.2, 0.25) is 0 Å². The van der Waals surface area contributed by atoms with E-state index >= 15 is 0 Å². The van der Waals surface area contributed by atoms with Crippen LogP contribution in [0.5, 0.6) is 0 Å². The number of anilines is 2. The summed E-state index contributed by atoms with van der Waals surface area (Å²) in [5.41, 5.74) is 0. The standard InChI is InChI=1S/C17H14N6.2F6P.Ni/c1-3-7-18-16(5-1)22-11-9-20(14-22)13-21-10-12-23(15-21)17-6-2-4-8-19-17;2*1-7(2,3,4,5)6;/h1-12H,13H2;;;/q;2*-1;+2. The second-order valence-electron chi connectivity index (χ2n) is 6.91. The van der Waals surface area contributed by atoms with Gasteiger partial charge in [0.2, 0.25) is 13.3 Å². The van der Waals surface area contributed by atoms with Gasteiger partial charge in [-0.05, 0) is 24.3 Å². The average molecular weight is 651 g/mol. The van der Waals surface area contributed by atoms with Crippen LogP contribution in [-0.2, 0) is 16.5 Å². The SMILES string of the molecule is F[P-](F)(F)(F)(F)F.F[P-](F)(F)(F)(F)F.[C]1N(CN2[C]N(c3ccccn3)C=C2)C=CN1c1ccccn1.[Ni+2]. The molecule has 21 heteroatoms. The number of pyridine rings is 2. The number of hydrogen-bond donors (Lipinski definition) is 0. The van der Waals surface area contributed by atoms with Crippen molar-refractivity contribution in [3.8, 4) is 0 Å². The van der Waals surface area contributed by atoms with Crippen LogP contribution in [0.15, 0.2) is 73.6 Å². The van der Waals surface area contributed by atoms with Crippen LogP contribution in [0.25, 0.3) is 0 Å². The van der Waals surface area contributed by atoms with Gasteiger partial charge in [-0.1, -0.05) is 12.1 Å². The minimum atomic E-state index is -10.7. The topological polar surface area (TPSA) is 38.7 Å². The molecule has 0 aromatic carbocycles. The van der Waals surface area contributed by atoms with Crippen molar-refractivity contribution >= 4 is 27.3 Å². The van der Waals surface area contributed by atoms with Crippen LogP contribution in [0, 0.1) is 13.3 Å². The van der Waals surface area contributed by atoms with E-state index in [4.69, 9.17) is 0 Å². The largest absolute Gasteiger partial charge is 2.00 e. The van der Waals surface area contributed by atoms with E-state index in [0.717, 1.165) is 11.6 Å². The molecule has 0 amide bonds. The number of hydrogen-bond acceptors (Lipinski definition) is 6. The van der Waals surface area contributed by atoms with E-state index in [9.17, 15) is 50.4 Å². The first kappa shape index (κ1) is 33.5. The van der Waals surface area contributed by atoms with E-state index < -0.39 is 15.6 Å². The molecule has 38 heavy (non-hydrogen) atoms. The van der Waals surface area contributed by atoms with Crippen LogP contribution < -0.4 is 9.80 Å². The number of rotatable bonds is 4. The van der Waals surface area contributed by atoms with Crippen LogP contribution in [0.1, 0.15) is 0 Å². The van der Waals surface area contributed by atoms with Crippen LogP contribution >= 0.6 is 15.6 Å². The third-order valence-corrected chi connectivity index (χ3v) is 3.36. The van der Waals surface area contributed by atoms with Crippen molar-refractivity contribution in [2.45, 2.75) is 0 Å². The van der Waals surface area contributed by atoms with Crippen LogP contribution in [0.3, 0.4) is 0 Å². The second kappa shape index (κ2) is 9.91.